The minimum absolute atomic E-state index is 0.529. The van der Waals surface area contributed by atoms with Gasteiger partial charge in [-0.05, 0) is 165 Å². The molecule has 0 spiro atoms. The van der Waals surface area contributed by atoms with Gasteiger partial charge in [0.2, 0.25) is 0 Å². The Kier molecular flexibility index (Phi) is 9.52. The fourth-order valence-electron chi connectivity index (χ4n) is 13.6. The van der Waals surface area contributed by atoms with Gasteiger partial charge in [-0.2, -0.15) is 0 Å². The van der Waals surface area contributed by atoms with Gasteiger partial charge in [0.1, 0.15) is 0 Å². The fraction of sp³-hybridized carbons (Fsp3) is 0.169. The van der Waals surface area contributed by atoms with Crippen molar-refractivity contribution < 1.29 is 0 Å². The Labute approximate surface area is 390 Å². The van der Waals surface area contributed by atoms with Crippen molar-refractivity contribution in [3.05, 3.63) is 258 Å². The smallest absolute Gasteiger partial charge is 0.0714 e. The molecule has 5 aliphatic rings. The second kappa shape index (κ2) is 16.0. The number of benzene rings is 9. The van der Waals surface area contributed by atoms with Crippen LogP contribution in [0.4, 0.5) is 17.1 Å². The van der Waals surface area contributed by atoms with Crippen molar-refractivity contribution in [1.82, 2.24) is 0 Å². The Morgan fingerprint density at radius 1 is 0.333 bits per heavy atom. The van der Waals surface area contributed by atoms with Crippen molar-refractivity contribution in [2.75, 3.05) is 4.90 Å². The molecule has 0 unspecified atom stereocenters. The van der Waals surface area contributed by atoms with Crippen LogP contribution in [-0.4, -0.2) is 0 Å². The van der Waals surface area contributed by atoms with E-state index >= 15 is 0 Å². The second-order valence-corrected chi connectivity index (χ2v) is 19.7. The van der Waals surface area contributed by atoms with Crippen LogP contribution in [0.5, 0.6) is 0 Å². The molecule has 66 heavy (non-hydrogen) atoms. The molecule has 4 bridgehead atoms. The van der Waals surface area contributed by atoms with Crippen LogP contribution >= 0.6 is 0 Å². The van der Waals surface area contributed by atoms with Gasteiger partial charge in [-0.3, -0.25) is 0 Å². The fourth-order valence-corrected chi connectivity index (χ4v) is 13.6. The number of hydrogen-bond donors (Lipinski definition) is 0. The van der Waals surface area contributed by atoms with E-state index in [0.717, 1.165) is 29.4 Å². The van der Waals surface area contributed by atoms with Crippen LogP contribution in [0.25, 0.3) is 44.5 Å². The summed E-state index contributed by atoms with van der Waals surface area (Å²) in [6, 6.07) is 86.5. The minimum atomic E-state index is -0.529. The molecule has 14 rings (SSSR count). The molecular weight excluding hydrogens is 795 g/mol. The van der Waals surface area contributed by atoms with Gasteiger partial charge in [0, 0.05) is 16.9 Å². The van der Waals surface area contributed by atoms with Gasteiger partial charge in [0.25, 0.3) is 0 Å². The van der Waals surface area contributed by atoms with E-state index < -0.39 is 5.41 Å². The minimum Gasteiger partial charge on any atom is -0.310 e. The van der Waals surface area contributed by atoms with Gasteiger partial charge in [0.15, 0.2) is 0 Å². The van der Waals surface area contributed by atoms with Gasteiger partial charge in [0.05, 0.1) is 11.1 Å². The van der Waals surface area contributed by atoms with E-state index in [9.17, 15) is 0 Å². The highest BCUT2D eigenvalue weighted by atomic mass is 15.1. The predicted molar refractivity (Wildman–Crippen MR) is 275 cm³/mol. The number of hydrogen-bond acceptors (Lipinski definition) is 1. The third-order valence-electron chi connectivity index (χ3n) is 16.1. The first-order chi connectivity index (χ1) is 32.7. The lowest BCUT2D eigenvalue weighted by Crippen LogP contribution is -2.43. The Balaban J connectivity index is 1.04. The summed E-state index contributed by atoms with van der Waals surface area (Å²) in [5.74, 6) is 4.27. The van der Waals surface area contributed by atoms with Crippen LogP contribution in [0.3, 0.4) is 0 Å². The molecule has 9 aromatic rings. The lowest BCUT2D eigenvalue weighted by Gasteiger charge is -2.54. The maximum absolute atomic E-state index is 2.56. The number of anilines is 3. The van der Waals surface area contributed by atoms with E-state index in [0.29, 0.717) is 5.92 Å². The third kappa shape index (κ3) is 6.35. The molecular formula is C65H53N. The topological polar surface area (TPSA) is 3.24 Å². The summed E-state index contributed by atoms with van der Waals surface area (Å²) in [5, 5.41) is 0. The number of nitrogens with zero attached hydrogens (tertiary/aromatic N) is 1. The normalized spacial score (nSPS) is 20.7. The summed E-state index contributed by atoms with van der Waals surface area (Å²) in [6.07, 6.45) is 7.18. The van der Waals surface area contributed by atoms with Crippen molar-refractivity contribution in [3.63, 3.8) is 0 Å². The number of fused-ring (bicyclic) bond motifs is 3. The average Bonchev–Trinajstić information content (AvgIpc) is 3.67. The Hall–Kier alpha value is -7.22. The molecule has 0 amide bonds. The largest absolute Gasteiger partial charge is 0.310 e. The molecule has 0 atom stereocenters. The van der Waals surface area contributed by atoms with Gasteiger partial charge in [-0.15, -0.1) is 0 Å². The maximum Gasteiger partial charge on any atom is 0.0714 e. The highest BCUT2D eigenvalue weighted by Crippen LogP contribution is 2.61. The zero-order valence-electron chi connectivity index (χ0n) is 37.3. The Morgan fingerprint density at radius 3 is 1.32 bits per heavy atom. The van der Waals surface area contributed by atoms with Crippen LogP contribution in [0.2, 0.25) is 0 Å². The van der Waals surface area contributed by atoms with E-state index in [-0.39, 0.29) is 0 Å². The molecule has 0 aliphatic heterocycles. The van der Waals surface area contributed by atoms with Crippen LogP contribution in [-0.2, 0) is 5.41 Å². The lowest BCUT2D eigenvalue weighted by atomic mass is 9.51. The molecule has 318 valence electrons. The van der Waals surface area contributed by atoms with Crippen molar-refractivity contribution >= 4 is 17.1 Å². The highest BCUT2D eigenvalue weighted by Gasteiger charge is 2.49. The first-order valence-corrected chi connectivity index (χ1v) is 24.3. The second-order valence-electron chi connectivity index (χ2n) is 19.7. The standard InChI is InChI=1S/C65H53N/c1-5-17-46(18-6-1)56-25-13-14-26-57(56)48-29-33-54(34-30-48)66(55-35-31-49(32-36-55)64-50-38-44-37-45(40-50)41-51(64)39-44)63-43-62-60(42-59(63)47-19-7-2-8-20-47)58-27-15-16-28-61(58)65(62,52-21-9-3-10-22-52)53-23-11-4-12-24-53/h1-36,42-45,50-51,64H,37-41H2. The SMILES string of the molecule is c1ccc(-c2ccccc2-c2ccc(N(c3ccc(C4C5CC6CC(C5)CC4C6)cc3)c3cc4c(cc3-c3ccccc3)-c3ccccc3C4(c3ccccc3)c3ccccc3)cc2)cc1. The zero-order valence-corrected chi connectivity index (χ0v) is 37.3. The van der Waals surface area contributed by atoms with E-state index in [1.54, 1.807) is 5.56 Å². The Morgan fingerprint density at radius 2 is 0.773 bits per heavy atom. The molecule has 0 radical (unpaired) electrons. The molecule has 4 saturated carbocycles. The highest BCUT2D eigenvalue weighted by molar-refractivity contribution is 5.97. The molecule has 5 aliphatic carbocycles. The van der Waals surface area contributed by atoms with Crippen molar-refractivity contribution in [2.24, 2.45) is 23.7 Å². The van der Waals surface area contributed by atoms with Crippen molar-refractivity contribution in [2.45, 2.75) is 43.4 Å². The van der Waals surface area contributed by atoms with Crippen LogP contribution in [0.15, 0.2) is 231 Å². The molecule has 1 heteroatoms. The Bertz CT molecular complexity index is 3100. The van der Waals surface area contributed by atoms with Crippen LogP contribution in [0.1, 0.15) is 65.8 Å². The first-order valence-electron chi connectivity index (χ1n) is 24.3. The monoisotopic (exact) mass is 847 g/mol. The van der Waals surface area contributed by atoms with Crippen molar-refractivity contribution in [1.29, 1.82) is 0 Å². The summed E-state index contributed by atoms with van der Waals surface area (Å²) in [5.41, 5.74) is 19.6. The van der Waals surface area contributed by atoms with Crippen LogP contribution < -0.4 is 4.90 Å². The average molecular weight is 848 g/mol. The van der Waals surface area contributed by atoms with Gasteiger partial charge < -0.3 is 4.90 Å². The van der Waals surface area contributed by atoms with E-state index in [1.165, 1.54) is 110 Å². The summed E-state index contributed by atoms with van der Waals surface area (Å²) in [4.78, 5) is 2.56. The summed E-state index contributed by atoms with van der Waals surface area (Å²) in [7, 11) is 0. The molecule has 1 nitrogen and oxygen atoms in total. The van der Waals surface area contributed by atoms with E-state index in [4.69, 9.17) is 0 Å². The summed E-state index contributed by atoms with van der Waals surface area (Å²) >= 11 is 0. The molecule has 9 aromatic carbocycles. The van der Waals surface area contributed by atoms with Crippen molar-refractivity contribution in [3.8, 4) is 44.5 Å². The van der Waals surface area contributed by atoms with E-state index in [1.807, 2.05) is 0 Å². The first kappa shape index (κ1) is 39.2. The van der Waals surface area contributed by atoms with Crippen LogP contribution in [0, 0.1) is 23.7 Å². The van der Waals surface area contributed by atoms with Gasteiger partial charge in [-0.25, -0.2) is 0 Å². The molecule has 4 fully saturated rings. The summed E-state index contributed by atoms with van der Waals surface area (Å²) in [6.45, 7) is 0. The van der Waals surface area contributed by atoms with Gasteiger partial charge >= 0.3 is 0 Å². The third-order valence-corrected chi connectivity index (χ3v) is 16.1. The maximum atomic E-state index is 2.56. The zero-order chi connectivity index (χ0) is 43.6. The summed E-state index contributed by atoms with van der Waals surface area (Å²) < 4.78 is 0. The van der Waals surface area contributed by atoms with E-state index in [2.05, 4.69) is 235 Å². The molecule has 0 saturated heterocycles. The predicted octanol–water partition coefficient (Wildman–Crippen LogP) is 17.1. The quantitative estimate of drug-likeness (QED) is 0.140. The molecule has 0 N–H and O–H groups in total. The van der Waals surface area contributed by atoms with Gasteiger partial charge in [-0.1, -0.05) is 194 Å². The number of rotatable bonds is 9. The molecule has 0 heterocycles. The molecule has 0 aromatic heterocycles. The lowest BCUT2D eigenvalue weighted by molar-refractivity contribution is -0.00277.